The lowest BCUT2D eigenvalue weighted by molar-refractivity contribution is 0.112. The van der Waals surface area contributed by atoms with Gasteiger partial charge < -0.3 is 16.2 Å². The SMILES string of the molecule is Nc1ncccc1-c1nc2ccc(C3CC3)nc2n1-c1ccc(CNCCc2ccc(C=O)c(O)c2)cc1. The van der Waals surface area contributed by atoms with Crippen LogP contribution in [0.2, 0.25) is 0 Å². The predicted molar refractivity (Wildman–Crippen MR) is 147 cm³/mol. The number of carbonyl (C=O) groups is 1. The van der Waals surface area contributed by atoms with E-state index in [-0.39, 0.29) is 5.75 Å². The van der Waals surface area contributed by atoms with Gasteiger partial charge in [-0.15, -0.1) is 0 Å². The minimum Gasteiger partial charge on any atom is -0.507 e. The Morgan fingerprint density at radius 1 is 1.03 bits per heavy atom. The number of nitrogens with zero attached hydrogens (tertiary/aromatic N) is 4. The lowest BCUT2D eigenvalue weighted by atomic mass is 10.1. The molecule has 3 aromatic heterocycles. The van der Waals surface area contributed by atoms with Crippen LogP contribution < -0.4 is 11.1 Å². The van der Waals surface area contributed by atoms with Gasteiger partial charge in [-0.25, -0.2) is 15.0 Å². The maximum atomic E-state index is 10.9. The van der Waals surface area contributed by atoms with Gasteiger partial charge in [-0.05, 0) is 85.5 Å². The molecule has 8 nitrogen and oxygen atoms in total. The van der Waals surface area contributed by atoms with Crippen LogP contribution in [0.3, 0.4) is 0 Å². The Morgan fingerprint density at radius 2 is 1.84 bits per heavy atom. The monoisotopic (exact) mass is 504 g/mol. The van der Waals surface area contributed by atoms with E-state index in [0.29, 0.717) is 30.1 Å². The molecule has 0 unspecified atom stereocenters. The molecular formula is C30H28N6O2. The van der Waals surface area contributed by atoms with Crippen LogP contribution in [0.5, 0.6) is 5.75 Å². The van der Waals surface area contributed by atoms with E-state index >= 15 is 0 Å². The van der Waals surface area contributed by atoms with Crippen LogP contribution in [0, 0.1) is 0 Å². The molecule has 1 aliphatic rings. The molecule has 0 atom stereocenters. The first kappa shape index (κ1) is 23.8. The molecule has 0 amide bonds. The van der Waals surface area contributed by atoms with E-state index in [1.807, 2.05) is 24.3 Å². The molecule has 190 valence electrons. The highest BCUT2D eigenvalue weighted by Gasteiger charge is 2.26. The second kappa shape index (κ2) is 10.1. The van der Waals surface area contributed by atoms with Gasteiger partial charge in [0.15, 0.2) is 17.8 Å². The van der Waals surface area contributed by atoms with Crippen molar-refractivity contribution in [3.05, 3.63) is 95.3 Å². The summed E-state index contributed by atoms with van der Waals surface area (Å²) in [5.41, 5.74) is 13.2. The van der Waals surface area contributed by atoms with Crippen molar-refractivity contribution in [1.82, 2.24) is 24.8 Å². The fraction of sp³-hybridized carbons (Fsp3) is 0.200. The third kappa shape index (κ3) is 4.73. The molecule has 3 heterocycles. The number of pyridine rings is 2. The number of phenols is 1. The van der Waals surface area contributed by atoms with E-state index < -0.39 is 0 Å². The highest BCUT2D eigenvalue weighted by molar-refractivity contribution is 5.83. The number of nitrogens with two attached hydrogens (primary N) is 1. The summed E-state index contributed by atoms with van der Waals surface area (Å²) >= 11 is 0. The molecule has 0 spiro atoms. The smallest absolute Gasteiger partial charge is 0.165 e. The zero-order valence-corrected chi connectivity index (χ0v) is 20.8. The van der Waals surface area contributed by atoms with Crippen LogP contribution in [0.15, 0.2) is 72.9 Å². The predicted octanol–water partition coefficient (Wildman–Crippen LogP) is 4.79. The third-order valence-electron chi connectivity index (χ3n) is 6.94. The molecule has 1 aliphatic carbocycles. The van der Waals surface area contributed by atoms with Crippen molar-refractivity contribution in [3.8, 4) is 22.8 Å². The van der Waals surface area contributed by atoms with Gasteiger partial charge in [0.2, 0.25) is 0 Å². The van der Waals surface area contributed by atoms with Gasteiger partial charge in [0, 0.05) is 30.0 Å². The number of phenolic OH excluding ortho intramolecular Hbond substituents is 1. The molecule has 0 saturated heterocycles. The average molecular weight is 505 g/mol. The first-order valence-electron chi connectivity index (χ1n) is 12.8. The van der Waals surface area contributed by atoms with E-state index in [4.69, 9.17) is 15.7 Å². The Balaban J connectivity index is 1.23. The molecule has 38 heavy (non-hydrogen) atoms. The highest BCUT2D eigenvalue weighted by Crippen LogP contribution is 2.40. The van der Waals surface area contributed by atoms with E-state index in [9.17, 15) is 9.90 Å². The fourth-order valence-corrected chi connectivity index (χ4v) is 4.68. The quantitative estimate of drug-likeness (QED) is 0.195. The second-order valence-electron chi connectivity index (χ2n) is 9.66. The number of hydrogen-bond acceptors (Lipinski definition) is 7. The van der Waals surface area contributed by atoms with Gasteiger partial charge in [-0.3, -0.25) is 9.36 Å². The molecule has 0 radical (unpaired) electrons. The average Bonchev–Trinajstić information content (AvgIpc) is 3.72. The summed E-state index contributed by atoms with van der Waals surface area (Å²) in [6.45, 7) is 1.45. The molecule has 0 aliphatic heterocycles. The molecule has 1 fully saturated rings. The number of carbonyl (C=O) groups excluding carboxylic acids is 1. The second-order valence-corrected chi connectivity index (χ2v) is 9.66. The van der Waals surface area contributed by atoms with E-state index in [0.717, 1.165) is 58.0 Å². The number of aromatic nitrogens is 4. The van der Waals surface area contributed by atoms with Crippen LogP contribution in [-0.2, 0) is 13.0 Å². The van der Waals surface area contributed by atoms with Crippen molar-refractivity contribution >= 4 is 23.3 Å². The Hall–Kier alpha value is -4.56. The maximum Gasteiger partial charge on any atom is 0.165 e. The van der Waals surface area contributed by atoms with Gasteiger partial charge in [0.05, 0.1) is 11.1 Å². The Labute approximate surface area is 220 Å². The summed E-state index contributed by atoms with van der Waals surface area (Å²) in [4.78, 5) is 25.1. The van der Waals surface area contributed by atoms with E-state index in [2.05, 4.69) is 45.2 Å². The highest BCUT2D eigenvalue weighted by atomic mass is 16.3. The fourth-order valence-electron chi connectivity index (χ4n) is 4.68. The van der Waals surface area contributed by atoms with Crippen molar-refractivity contribution < 1.29 is 9.90 Å². The van der Waals surface area contributed by atoms with Gasteiger partial charge in [-0.2, -0.15) is 0 Å². The van der Waals surface area contributed by atoms with E-state index in [1.165, 1.54) is 12.8 Å². The number of imidazole rings is 1. The third-order valence-corrected chi connectivity index (χ3v) is 6.94. The normalized spacial score (nSPS) is 13.2. The summed E-state index contributed by atoms with van der Waals surface area (Å²) in [5, 5.41) is 13.3. The van der Waals surface area contributed by atoms with Gasteiger partial charge in [-0.1, -0.05) is 18.2 Å². The maximum absolute atomic E-state index is 10.9. The molecule has 2 aromatic carbocycles. The number of rotatable bonds is 9. The minimum absolute atomic E-state index is 0.0197. The van der Waals surface area contributed by atoms with Gasteiger partial charge >= 0.3 is 0 Å². The number of nitrogens with one attached hydrogen (secondary N) is 1. The Kier molecular flexibility index (Phi) is 6.31. The van der Waals surface area contributed by atoms with E-state index in [1.54, 1.807) is 18.3 Å². The number of nitrogen functional groups attached to an aromatic ring is 1. The molecular weight excluding hydrogens is 476 g/mol. The van der Waals surface area contributed by atoms with Crippen LogP contribution in [0.4, 0.5) is 5.82 Å². The van der Waals surface area contributed by atoms with Crippen LogP contribution in [-0.4, -0.2) is 37.5 Å². The van der Waals surface area contributed by atoms with Crippen LogP contribution in [0.1, 0.15) is 45.9 Å². The summed E-state index contributed by atoms with van der Waals surface area (Å²) in [6, 6.07) is 21.4. The topological polar surface area (TPSA) is 119 Å². The van der Waals surface area contributed by atoms with Crippen molar-refractivity contribution in [2.24, 2.45) is 0 Å². The number of hydrogen-bond donors (Lipinski definition) is 3. The number of aromatic hydroxyl groups is 1. The Bertz CT molecular complexity index is 1620. The van der Waals surface area contributed by atoms with Crippen molar-refractivity contribution in [2.45, 2.75) is 31.7 Å². The lowest BCUT2D eigenvalue weighted by Gasteiger charge is -2.12. The molecule has 0 bridgehead atoms. The molecule has 8 heteroatoms. The zero-order chi connectivity index (χ0) is 26.1. The lowest BCUT2D eigenvalue weighted by Crippen LogP contribution is -2.16. The first-order chi connectivity index (χ1) is 18.6. The molecule has 5 aromatic rings. The first-order valence-corrected chi connectivity index (χ1v) is 12.8. The number of fused-ring (bicyclic) bond motifs is 1. The van der Waals surface area contributed by atoms with Crippen molar-refractivity contribution in [2.75, 3.05) is 12.3 Å². The van der Waals surface area contributed by atoms with Gasteiger partial charge in [0.1, 0.15) is 17.1 Å². The minimum atomic E-state index is 0.0197. The number of anilines is 1. The standard InChI is InChI=1S/C30H28N6O2/c31-28-24(2-1-14-33-28)29-35-26-12-11-25(21-7-8-21)34-30(26)36(29)23-9-4-20(5-10-23)17-32-15-13-19-3-6-22(18-37)27(38)16-19/h1-6,9-12,14,16,18,21,32,38H,7-8,13,15,17H2,(H2,31,33). The summed E-state index contributed by atoms with van der Waals surface area (Å²) < 4.78 is 2.07. The number of benzene rings is 2. The largest absolute Gasteiger partial charge is 0.507 e. The Morgan fingerprint density at radius 3 is 2.58 bits per heavy atom. The molecule has 1 saturated carbocycles. The van der Waals surface area contributed by atoms with Crippen LogP contribution in [0.25, 0.3) is 28.2 Å². The number of aldehydes is 1. The van der Waals surface area contributed by atoms with Gasteiger partial charge in [0.25, 0.3) is 0 Å². The summed E-state index contributed by atoms with van der Waals surface area (Å²) in [7, 11) is 0. The zero-order valence-electron chi connectivity index (χ0n) is 20.8. The van der Waals surface area contributed by atoms with Crippen LogP contribution >= 0.6 is 0 Å². The summed E-state index contributed by atoms with van der Waals surface area (Å²) in [6.07, 6.45) is 5.45. The van der Waals surface area contributed by atoms with Crippen molar-refractivity contribution in [3.63, 3.8) is 0 Å². The molecule has 4 N–H and O–H groups in total. The molecule has 6 rings (SSSR count). The summed E-state index contributed by atoms with van der Waals surface area (Å²) in [5.74, 6) is 1.71. The van der Waals surface area contributed by atoms with Crippen molar-refractivity contribution in [1.29, 1.82) is 0 Å².